The number of carboxylic acid groups (broad SMARTS) is 1. The van der Waals surface area contributed by atoms with Crippen molar-refractivity contribution in [3.05, 3.63) is 210 Å². The number of esters is 3. The zero-order valence-corrected chi connectivity index (χ0v) is 63.0. The Balaban J connectivity index is 0.000000199. The molecule has 4 amide bonds. The smallest absolute Gasteiger partial charge is 0.349 e. The monoisotopic (exact) mass is 1580 g/mol. The predicted molar refractivity (Wildman–Crippen MR) is 406 cm³/mol. The van der Waals surface area contributed by atoms with Gasteiger partial charge in [-0.1, -0.05) is 220 Å². The summed E-state index contributed by atoms with van der Waals surface area (Å²) >= 11 is 7.94. The molecule has 0 saturated heterocycles. The lowest BCUT2D eigenvalue weighted by Crippen LogP contribution is -2.25. The van der Waals surface area contributed by atoms with Crippen LogP contribution in [0.4, 0.5) is 30.8 Å². The number of hydrogen-bond acceptors (Lipinski definition) is 33. The van der Waals surface area contributed by atoms with Crippen LogP contribution in [0.25, 0.3) is 0 Å². The number of carbonyl (C=O) groups excluding carboxylic acids is 7. The molecular formula is C70H74N18O14S6. The van der Waals surface area contributed by atoms with Crippen LogP contribution >= 0.6 is 68.0 Å². The molecule has 5 aromatic carbocycles. The first kappa shape index (κ1) is 82.4. The number of aromatic nitrogens is 12. The lowest BCUT2D eigenvalue weighted by molar-refractivity contribution is -0.163. The van der Waals surface area contributed by atoms with E-state index < -0.39 is 78.0 Å². The Kier molecular flexibility index (Phi) is 33.1. The lowest BCUT2D eigenvalue weighted by Gasteiger charge is -2.15. The zero-order chi connectivity index (χ0) is 77.2. The number of carboxylic acids is 1. The van der Waals surface area contributed by atoms with E-state index >= 15 is 0 Å². The van der Waals surface area contributed by atoms with Crippen LogP contribution in [0.1, 0.15) is 148 Å². The number of aryl methyl sites for hydroxylation is 6. The van der Waals surface area contributed by atoms with Crippen molar-refractivity contribution >= 4 is 146 Å². The molecule has 0 aliphatic heterocycles. The van der Waals surface area contributed by atoms with E-state index in [1.807, 2.05) is 12.1 Å². The molecular weight excluding hydrogens is 1510 g/mol. The molecule has 0 bridgehead atoms. The molecule has 38 heteroatoms. The average Bonchev–Trinajstić information content (AvgIpc) is 1.17. The fourth-order valence-electron chi connectivity index (χ4n) is 9.46. The molecule has 11 rings (SSSR count). The Bertz CT molecular complexity index is 4400. The molecule has 0 fully saturated rings. The van der Waals surface area contributed by atoms with Crippen molar-refractivity contribution in [3.8, 4) is 0 Å². The molecule has 5 atom stereocenters. The molecule has 0 unspecified atom stereocenters. The molecule has 6 heterocycles. The van der Waals surface area contributed by atoms with Gasteiger partial charge in [-0.15, -0.1) is 61.2 Å². The molecule has 0 saturated carbocycles. The second-order valence-corrected chi connectivity index (χ2v) is 29.3. The fourth-order valence-corrected chi connectivity index (χ4v) is 13.9. The third-order valence-corrected chi connectivity index (χ3v) is 19.7. The van der Waals surface area contributed by atoms with E-state index in [1.165, 1.54) is 88.8 Å². The molecule has 0 aliphatic rings. The summed E-state index contributed by atoms with van der Waals surface area (Å²) in [6.07, 6.45) is 3.84. The highest BCUT2D eigenvalue weighted by molar-refractivity contribution is 7.16. The number of aliphatic hydroxyl groups is 2. The van der Waals surface area contributed by atoms with E-state index in [0.717, 1.165) is 81.4 Å². The number of ether oxygens (including phenoxy) is 3. The molecule has 564 valence electrons. The lowest BCUT2D eigenvalue weighted by atomic mass is 10.1. The number of nitrogen functional groups attached to an aromatic ring is 2. The number of aliphatic carboxylic acids is 1. The number of benzene rings is 5. The number of amides is 4. The highest BCUT2D eigenvalue weighted by Gasteiger charge is 2.28. The predicted octanol–water partition coefficient (Wildman–Crippen LogP) is 10.2. The van der Waals surface area contributed by atoms with Gasteiger partial charge in [-0.2, -0.15) is 0 Å². The Labute approximate surface area is 641 Å². The van der Waals surface area contributed by atoms with Crippen molar-refractivity contribution in [2.75, 3.05) is 32.7 Å². The van der Waals surface area contributed by atoms with Crippen molar-refractivity contribution in [3.63, 3.8) is 0 Å². The first-order valence-electron chi connectivity index (χ1n) is 33.2. The van der Waals surface area contributed by atoms with Crippen LogP contribution in [0.15, 0.2) is 152 Å². The van der Waals surface area contributed by atoms with Gasteiger partial charge in [0.25, 0.3) is 23.6 Å². The standard InChI is InChI=1S/C28H28N6O6S2.C24H24N6O4S2.C10H10O4.C8H12N6S2/c1-17(35)39-23(19-11-5-3-6-12-19)25(37)29-27-33-31-21(41-27)15-9-10-16-22-32-34-28(42-22)30-26(38)24(40-18(2)36)20-13-7-4-8-14-20;31-19(15-9-3-1-4-10-15)21(33)25-23-29-27-17(35-23)13-7-8-14-18-28-30-24(36-18)26-22(34)20(32)16-11-5-2-6-12-16;1-7(11)14-9(10(12)13)8-5-3-2-4-6-8;9-7-13-11-5(15-7)3-1-2-4-6-12-14-8(10)16-6/h3-8,11-14,23-24H,9-10,15-16H2,1-2H3,(H,29,33,37)(H,30,34,38);1-6,9-12,19-20,31-32H,7-8,13-14H2,(H,25,29,33)(H,26,30,34);2-6,9H,1H3,(H,12,13);1-4H2,(H2,9,13)(H2,10,14)/t23-,24-;19-,20-;9-;/m000./s1. The van der Waals surface area contributed by atoms with E-state index in [0.29, 0.717) is 84.3 Å². The molecule has 108 heavy (non-hydrogen) atoms. The number of rotatable bonds is 32. The Morgan fingerprint density at radius 2 is 0.546 bits per heavy atom. The summed E-state index contributed by atoms with van der Waals surface area (Å²) in [6, 6.07) is 43.2. The van der Waals surface area contributed by atoms with Crippen LogP contribution in [0.3, 0.4) is 0 Å². The molecule has 0 spiro atoms. The number of unbranched alkanes of at least 4 members (excludes halogenated alkanes) is 3. The second kappa shape index (κ2) is 43.4. The van der Waals surface area contributed by atoms with Gasteiger partial charge in [0.05, 0.1) is 0 Å². The minimum absolute atomic E-state index is 0.315. The normalized spacial score (nSPS) is 12.0. The topological polar surface area (TPSA) is 480 Å². The Morgan fingerprint density at radius 1 is 0.324 bits per heavy atom. The summed E-state index contributed by atoms with van der Waals surface area (Å²) in [7, 11) is 0. The molecule has 0 aliphatic carbocycles. The summed E-state index contributed by atoms with van der Waals surface area (Å²) in [5, 5.41) is 95.1. The number of nitrogens with one attached hydrogen (secondary N) is 4. The second-order valence-electron chi connectivity index (χ2n) is 22.8. The number of aliphatic hydroxyl groups excluding tert-OH is 2. The minimum atomic E-state index is -1.28. The fraction of sp³-hybridized carbons (Fsp3) is 0.286. The molecule has 32 nitrogen and oxygen atoms in total. The van der Waals surface area contributed by atoms with Gasteiger partial charge in [0, 0.05) is 76.0 Å². The number of nitrogens with two attached hydrogens (primary N) is 2. The largest absolute Gasteiger partial charge is 0.478 e. The van der Waals surface area contributed by atoms with Gasteiger partial charge < -0.3 is 41.0 Å². The quantitative estimate of drug-likeness (QED) is 0.0107. The van der Waals surface area contributed by atoms with Gasteiger partial charge in [-0.25, -0.2) is 4.79 Å². The maximum Gasteiger partial charge on any atom is 0.349 e. The zero-order valence-electron chi connectivity index (χ0n) is 58.1. The van der Waals surface area contributed by atoms with Gasteiger partial charge in [0.2, 0.25) is 49.1 Å². The van der Waals surface area contributed by atoms with Gasteiger partial charge in [0.1, 0.15) is 30.0 Å². The van der Waals surface area contributed by atoms with Crippen molar-refractivity contribution in [2.24, 2.45) is 0 Å². The third kappa shape index (κ3) is 28.2. The van der Waals surface area contributed by atoms with Crippen LogP contribution in [-0.4, -0.2) is 124 Å². The van der Waals surface area contributed by atoms with Gasteiger partial charge in [0.15, 0.2) is 12.2 Å². The van der Waals surface area contributed by atoms with Crippen molar-refractivity contribution in [1.29, 1.82) is 0 Å². The first-order chi connectivity index (χ1) is 52.1. The molecule has 6 aromatic heterocycles. The molecule has 11 aromatic rings. The van der Waals surface area contributed by atoms with Crippen LogP contribution < -0.4 is 32.7 Å². The SMILES string of the molecule is CC(=O)O[C@H](C(=O)Nc1nnc(CCCCc2nnc(NC(=O)[C@@H](OC(C)=O)c3ccccc3)s2)s1)c1ccccc1.CC(=O)O[C@H](C(=O)O)c1ccccc1.Nc1nnc(CCCCc2nnc(N)s2)s1.O=C(Nc1nnc(CCCCc2nnc(NC(=O)[C@@H](O)c3ccccc3)s2)s1)[C@@H](O)c1ccccc1. The number of nitrogens with zero attached hydrogens (tertiary/aromatic N) is 12. The number of anilines is 6. The third-order valence-electron chi connectivity index (χ3n) is 14.4. The van der Waals surface area contributed by atoms with Crippen molar-refractivity contribution in [2.45, 2.75) is 128 Å². The maximum absolute atomic E-state index is 12.8. The first-order valence-corrected chi connectivity index (χ1v) is 38.1. The maximum atomic E-state index is 12.8. The van der Waals surface area contributed by atoms with Crippen molar-refractivity contribution < 1.29 is 67.9 Å². The summed E-state index contributed by atoms with van der Waals surface area (Å²) in [5.41, 5.74) is 13.5. The van der Waals surface area contributed by atoms with E-state index in [9.17, 15) is 48.6 Å². The summed E-state index contributed by atoms with van der Waals surface area (Å²) in [6.45, 7) is 3.68. The Morgan fingerprint density at radius 3 is 0.787 bits per heavy atom. The number of hydrogen-bond donors (Lipinski definition) is 9. The summed E-state index contributed by atoms with van der Waals surface area (Å²) < 4.78 is 15.1. The number of carbonyl (C=O) groups is 8. The van der Waals surface area contributed by atoms with Crippen LogP contribution in [0.2, 0.25) is 0 Å². The van der Waals surface area contributed by atoms with E-state index in [4.69, 9.17) is 26.0 Å². The summed E-state index contributed by atoms with van der Waals surface area (Å²) in [4.78, 5) is 94.5. The Hall–Kier alpha value is -11.3. The van der Waals surface area contributed by atoms with Gasteiger partial charge in [-0.3, -0.25) is 54.8 Å². The van der Waals surface area contributed by atoms with E-state index in [2.05, 4.69) is 87.2 Å². The highest BCUT2D eigenvalue weighted by atomic mass is 32.1. The van der Waals surface area contributed by atoms with Gasteiger partial charge in [-0.05, 0) is 49.7 Å². The minimum Gasteiger partial charge on any atom is -0.478 e. The van der Waals surface area contributed by atoms with Crippen LogP contribution in [0.5, 0.6) is 0 Å². The van der Waals surface area contributed by atoms with Crippen LogP contribution in [-0.2, 0) is 91.1 Å². The van der Waals surface area contributed by atoms with Crippen molar-refractivity contribution in [1.82, 2.24) is 61.2 Å². The highest BCUT2D eigenvalue weighted by Crippen LogP contribution is 2.28. The van der Waals surface area contributed by atoms with Gasteiger partial charge >= 0.3 is 23.9 Å². The van der Waals surface area contributed by atoms with E-state index in [-0.39, 0.29) is 0 Å². The van der Waals surface area contributed by atoms with Crippen LogP contribution in [0, 0.1) is 0 Å². The molecule has 11 N–H and O–H groups in total. The average molecular weight is 1580 g/mol. The summed E-state index contributed by atoms with van der Waals surface area (Å²) in [5.74, 6) is -5.06. The van der Waals surface area contributed by atoms with E-state index in [1.54, 1.807) is 140 Å². The molecule has 0 radical (unpaired) electrons.